The Morgan fingerprint density at radius 1 is 1.10 bits per heavy atom. The zero-order chi connectivity index (χ0) is 14.6. The highest BCUT2D eigenvalue weighted by Crippen LogP contribution is 2.19. The van der Waals surface area contributed by atoms with E-state index in [9.17, 15) is 8.42 Å². The van der Waals surface area contributed by atoms with Crippen molar-refractivity contribution in [1.82, 2.24) is 4.90 Å². The van der Waals surface area contributed by atoms with E-state index >= 15 is 0 Å². The van der Waals surface area contributed by atoms with E-state index in [1.165, 1.54) is 12.8 Å². The molecule has 1 atom stereocenters. The van der Waals surface area contributed by atoms with Gasteiger partial charge in [-0.2, -0.15) is 0 Å². The second-order valence-electron chi connectivity index (χ2n) is 5.53. The fourth-order valence-electron chi connectivity index (χ4n) is 2.47. The minimum Gasteiger partial charge on any atom is -0.382 e. The molecule has 2 rings (SSSR count). The van der Waals surface area contributed by atoms with Crippen LogP contribution in [0.1, 0.15) is 19.3 Å². The predicted octanol–water partition coefficient (Wildman–Crippen LogP) is 1.95. The lowest BCUT2D eigenvalue weighted by Gasteiger charge is -2.18. The van der Waals surface area contributed by atoms with Crippen molar-refractivity contribution in [2.75, 3.05) is 36.4 Å². The lowest BCUT2D eigenvalue weighted by molar-refractivity contribution is 0.348. The molecule has 6 heteroatoms. The number of sulfonamides is 1. The highest BCUT2D eigenvalue weighted by atomic mass is 32.2. The average Bonchev–Trinajstić information content (AvgIpc) is 2.55. The summed E-state index contributed by atoms with van der Waals surface area (Å²) >= 11 is 0. The first kappa shape index (κ1) is 15.1. The average molecular weight is 297 g/mol. The van der Waals surface area contributed by atoms with Crippen LogP contribution in [-0.2, 0) is 10.0 Å². The molecule has 0 bridgehead atoms. The van der Waals surface area contributed by atoms with Gasteiger partial charge >= 0.3 is 0 Å². The van der Waals surface area contributed by atoms with Crippen LogP contribution >= 0.6 is 0 Å². The standard InChI is InChI=1S/C14H23N3O2S/c1-17-10-3-4-12(9-11-17)15-13-5-7-14(8-6-13)16-20(2,18)19/h5-8,12,15-16H,3-4,9-11H2,1-2H3. The summed E-state index contributed by atoms with van der Waals surface area (Å²) < 4.78 is 24.7. The molecular weight excluding hydrogens is 274 g/mol. The van der Waals surface area contributed by atoms with E-state index in [4.69, 9.17) is 0 Å². The minimum absolute atomic E-state index is 0.494. The van der Waals surface area contributed by atoms with Gasteiger partial charge in [0.15, 0.2) is 0 Å². The number of nitrogens with zero attached hydrogens (tertiary/aromatic N) is 1. The molecule has 1 aliphatic heterocycles. The predicted molar refractivity (Wildman–Crippen MR) is 83.7 cm³/mol. The van der Waals surface area contributed by atoms with Crippen LogP contribution in [0.3, 0.4) is 0 Å². The Labute approximate surface area is 121 Å². The van der Waals surface area contributed by atoms with Gasteiger partial charge in [-0.15, -0.1) is 0 Å². The second kappa shape index (κ2) is 6.45. The van der Waals surface area contributed by atoms with Crippen molar-refractivity contribution < 1.29 is 8.42 Å². The summed E-state index contributed by atoms with van der Waals surface area (Å²) in [6, 6.07) is 7.90. The van der Waals surface area contributed by atoms with Gasteiger partial charge in [0.25, 0.3) is 0 Å². The summed E-state index contributed by atoms with van der Waals surface area (Å²) in [6.07, 6.45) is 4.68. The number of rotatable bonds is 4. The molecule has 2 N–H and O–H groups in total. The number of likely N-dealkylation sites (tertiary alicyclic amines) is 1. The molecule has 5 nitrogen and oxygen atoms in total. The molecule has 1 unspecified atom stereocenters. The molecule has 112 valence electrons. The summed E-state index contributed by atoms with van der Waals surface area (Å²) in [4.78, 5) is 2.36. The van der Waals surface area contributed by atoms with Crippen LogP contribution in [0.5, 0.6) is 0 Å². The molecule has 0 saturated carbocycles. The van der Waals surface area contributed by atoms with Crippen molar-refractivity contribution >= 4 is 21.4 Å². The fourth-order valence-corrected chi connectivity index (χ4v) is 3.03. The molecule has 0 radical (unpaired) electrons. The topological polar surface area (TPSA) is 61.4 Å². The first-order valence-electron chi connectivity index (χ1n) is 6.95. The van der Waals surface area contributed by atoms with Crippen molar-refractivity contribution in [1.29, 1.82) is 0 Å². The Balaban J connectivity index is 1.93. The number of hydrogen-bond donors (Lipinski definition) is 2. The van der Waals surface area contributed by atoms with Crippen molar-refractivity contribution in [3.05, 3.63) is 24.3 Å². The van der Waals surface area contributed by atoms with E-state index in [-0.39, 0.29) is 0 Å². The molecule has 0 spiro atoms. The van der Waals surface area contributed by atoms with Gasteiger partial charge in [0.1, 0.15) is 0 Å². The molecule has 0 aromatic heterocycles. The zero-order valence-corrected chi connectivity index (χ0v) is 12.9. The number of benzene rings is 1. The molecule has 0 amide bonds. The van der Waals surface area contributed by atoms with E-state index < -0.39 is 10.0 Å². The molecule has 0 aliphatic carbocycles. The van der Waals surface area contributed by atoms with Gasteiger partial charge < -0.3 is 10.2 Å². The van der Waals surface area contributed by atoms with Gasteiger partial charge in [-0.3, -0.25) is 4.72 Å². The van der Waals surface area contributed by atoms with Crippen LogP contribution in [0.2, 0.25) is 0 Å². The monoisotopic (exact) mass is 297 g/mol. The van der Waals surface area contributed by atoms with Gasteiger partial charge in [0, 0.05) is 17.4 Å². The first-order chi connectivity index (χ1) is 9.42. The van der Waals surface area contributed by atoms with Gasteiger partial charge in [-0.1, -0.05) is 0 Å². The van der Waals surface area contributed by atoms with E-state index in [1.807, 2.05) is 12.1 Å². The van der Waals surface area contributed by atoms with Crippen LogP contribution < -0.4 is 10.0 Å². The van der Waals surface area contributed by atoms with E-state index in [2.05, 4.69) is 22.0 Å². The summed E-state index contributed by atoms with van der Waals surface area (Å²) in [5.41, 5.74) is 1.64. The maximum atomic E-state index is 11.1. The fraction of sp³-hybridized carbons (Fsp3) is 0.571. The van der Waals surface area contributed by atoms with Gasteiger partial charge in [-0.25, -0.2) is 8.42 Å². The van der Waals surface area contributed by atoms with Crippen LogP contribution in [0.25, 0.3) is 0 Å². The summed E-state index contributed by atoms with van der Waals surface area (Å²) in [6.45, 7) is 2.28. The van der Waals surface area contributed by atoms with Crippen LogP contribution in [0.15, 0.2) is 24.3 Å². The molecule has 1 aromatic rings. The van der Waals surface area contributed by atoms with Crippen molar-refractivity contribution in [2.45, 2.75) is 25.3 Å². The van der Waals surface area contributed by atoms with Crippen LogP contribution in [0, 0.1) is 0 Å². The summed E-state index contributed by atoms with van der Waals surface area (Å²) in [5, 5.41) is 3.53. The Kier molecular flexibility index (Phi) is 4.88. The van der Waals surface area contributed by atoms with E-state index in [0.717, 1.165) is 31.5 Å². The second-order valence-corrected chi connectivity index (χ2v) is 7.28. The smallest absolute Gasteiger partial charge is 0.229 e. The van der Waals surface area contributed by atoms with E-state index in [0.29, 0.717) is 11.7 Å². The van der Waals surface area contributed by atoms with Crippen molar-refractivity contribution in [3.8, 4) is 0 Å². The molecular formula is C14H23N3O2S. The molecule has 1 saturated heterocycles. The lowest BCUT2D eigenvalue weighted by Crippen LogP contribution is -2.22. The molecule has 20 heavy (non-hydrogen) atoms. The lowest BCUT2D eigenvalue weighted by atomic mass is 10.1. The quantitative estimate of drug-likeness (QED) is 0.892. The molecule has 1 aliphatic rings. The number of hydrogen-bond acceptors (Lipinski definition) is 4. The molecule has 1 fully saturated rings. The zero-order valence-electron chi connectivity index (χ0n) is 12.1. The van der Waals surface area contributed by atoms with Gasteiger partial charge in [0.2, 0.25) is 10.0 Å². The number of nitrogens with one attached hydrogen (secondary N) is 2. The summed E-state index contributed by atoms with van der Waals surface area (Å²) in [5.74, 6) is 0. The summed E-state index contributed by atoms with van der Waals surface area (Å²) in [7, 11) is -1.04. The third-order valence-electron chi connectivity index (χ3n) is 3.51. The minimum atomic E-state index is -3.20. The van der Waals surface area contributed by atoms with Crippen LogP contribution in [0.4, 0.5) is 11.4 Å². The SMILES string of the molecule is CN1CCCC(Nc2ccc(NS(C)(=O)=O)cc2)CC1. The Morgan fingerprint density at radius 3 is 2.40 bits per heavy atom. The van der Waals surface area contributed by atoms with Crippen molar-refractivity contribution in [2.24, 2.45) is 0 Å². The molecule has 1 aromatic carbocycles. The number of anilines is 2. The largest absolute Gasteiger partial charge is 0.382 e. The third kappa shape index (κ3) is 5.02. The highest BCUT2D eigenvalue weighted by Gasteiger charge is 2.14. The van der Waals surface area contributed by atoms with Gasteiger partial charge in [-0.05, 0) is 63.7 Å². The first-order valence-corrected chi connectivity index (χ1v) is 8.84. The van der Waals surface area contributed by atoms with Crippen molar-refractivity contribution in [3.63, 3.8) is 0 Å². The molecule has 1 heterocycles. The van der Waals surface area contributed by atoms with E-state index in [1.54, 1.807) is 12.1 Å². The van der Waals surface area contributed by atoms with Crippen LogP contribution in [-0.4, -0.2) is 45.8 Å². The third-order valence-corrected chi connectivity index (χ3v) is 4.12. The Bertz CT molecular complexity index is 528. The highest BCUT2D eigenvalue weighted by molar-refractivity contribution is 7.92. The Hall–Kier alpha value is -1.27. The maximum absolute atomic E-state index is 11.1. The Morgan fingerprint density at radius 2 is 1.75 bits per heavy atom. The maximum Gasteiger partial charge on any atom is 0.229 e. The normalized spacial score (nSPS) is 21.2. The van der Waals surface area contributed by atoms with Gasteiger partial charge in [0.05, 0.1) is 6.26 Å².